The fourth-order valence-electron chi connectivity index (χ4n) is 3.66. The molecule has 0 spiro atoms. The van der Waals surface area contributed by atoms with E-state index in [0.717, 1.165) is 12.1 Å². The van der Waals surface area contributed by atoms with Crippen molar-refractivity contribution in [2.45, 2.75) is 19.3 Å². The molecule has 1 aromatic carbocycles. The molecule has 186 valence electrons. The van der Waals surface area contributed by atoms with Gasteiger partial charge in [-0.1, -0.05) is 11.6 Å². The summed E-state index contributed by atoms with van der Waals surface area (Å²) >= 11 is 6.10. The van der Waals surface area contributed by atoms with Crippen LogP contribution in [0.4, 0.5) is 19.3 Å². The summed E-state index contributed by atoms with van der Waals surface area (Å²) in [7, 11) is 0. The van der Waals surface area contributed by atoms with Gasteiger partial charge in [0.15, 0.2) is 17.4 Å². The van der Waals surface area contributed by atoms with Crippen LogP contribution in [0.1, 0.15) is 19.3 Å². The second kappa shape index (κ2) is 11.3. The quantitative estimate of drug-likeness (QED) is 0.391. The van der Waals surface area contributed by atoms with Crippen LogP contribution < -0.4 is 15.4 Å². The van der Waals surface area contributed by atoms with Crippen molar-refractivity contribution in [3.05, 3.63) is 47.2 Å². The topological polar surface area (TPSA) is 109 Å². The van der Waals surface area contributed by atoms with Crippen LogP contribution in [-0.2, 0) is 9.53 Å². The summed E-state index contributed by atoms with van der Waals surface area (Å²) in [6.45, 7) is 2.61. The Morgan fingerprint density at radius 2 is 1.94 bits per heavy atom. The SMILES string of the molecule is O=C(NCCCCC(=O)N1CCOCC1)Nc1cc(F)c(Oc2ccnc3[nH]cc(Cl)c23)c(F)c1. The summed E-state index contributed by atoms with van der Waals surface area (Å²) < 4.78 is 39.9. The van der Waals surface area contributed by atoms with Crippen LogP contribution in [0.25, 0.3) is 11.0 Å². The summed E-state index contributed by atoms with van der Waals surface area (Å²) in [5.41, 5.74) is 0.334. The molecule has 0 unspecified atom stereocenters. The van der Waals surface area contributed by atoms with Gasteiger partial charge in [-0.15, -0.1) is 0 Å². The van der Waals surface area contributed by atoms with Crippen LogP contribution in [-0.4, -0.2) is 59.7 Å². The third kappa shape index (κ3) is 6.17. The minimum atomic E-state index is -1.00. The molecular formula is C23H24ClF2N5O4. The number of carbonyl (C=O) groups excluding carboxylic acids is 2. The van der Waals surface area contributed by atoms with Gasteiger partial charge >= 0.3 is 6.03 Å². The molecule has 0 atom stereocenters. The Morgan fingerprint density at radius 3 is 2.69 bits per heavy atom. The monoisotopic (exact) mass is 507 g/mol. The summed E-state index contributed by atoms with van der Waals surface area (Å²) in [6.07, 6.45) is 4.49. The van der Waals surface area contributed by atoms with Crippen molar-refractivity contribution in [2.24, 2.45) is 0 Å². The van der Waals surface area contributed by atoms with Crippen molar-refractivity contribution in [1.29, 1.82) is 0 Å². The van der Waals surface area contributed by atoms with Crippen molar-refractivity contribution in [2.75, 3.05) is 38.2 Å². The summed E-state index contributed by atoms with van der Waals surface area (Å²) in [5.74, 6) is -2.44. The van der Waals surface area contributed by atoms with Crippen LogP contribution >= 0.6 is 11.6 Å². The average molecular weight is 508 g/mol. The standard InChI is InChI=1S/C23H24ClF2N5O4/c24-15-13-29-22-20(15)18(4-6-27-22)35-21-16(25)11-14(12-17(21)26)30-23(33)28-5-2-1-3-19(32)31-7-9-34-10-8-31/h4,6,11-13H,1-3,5,7-10H2,(H,27,29)(H2,28,30,33). The number of morpholine rings is 1. The van der Waals surface area contributed by atoms with Gasteiger partial charge in [0, 0.05) is 56.3 Å². The zero-order valence-electron chi connectivity index (χ0n) is 18.7. The first-order chi connectivity index (χ1) is 16.9. The fraction of sp³-hybridized carbons (Fsp3) is 0.348. The number of halogens is 3. The molecule has 2 aromatic heterocycles. The smallest absolute Gasteiger partial charge is 0.319 e. The second-order valence-corrected chi connectivity index (χ2v) is 8.28. The average Bonchev–Trinajstić information content (AvgIpc) is 3.23. The molecular weight excluding hydrogens is 484 g/mol. The zero-order chi connectivity index (χ0) is 24.8. The van der Waals surface area contributed by atoms with Gasteiger partial charge in [-0.05, 0) is 18.9 Å². The van der Waals surface area contributed by atoms with Gasteiger partial charge in [0.25, 0.3) is 0 Å². The number of pyridine rings is 1. The lowest BCUT2D eigenvalue weighted by Gasteiger charge is -2.26. The number of hydrogen-bond donors (Lipinski definition) is 3. The number of rotatable bonds is 8. The number of aromatic nitrogens is 2. The Balaban J connectivity index is 1.27. The Bertz CT molecular complexity index is 1190. The van der Waals surface area contributed by atoms with E-state index in [0.29, 0.717) is 68.2 Å². The predicted octanol–water partition coefficient (Wildman–Crippen LogP) is 4.44. The predicted molar refractivity (Wildman–Crippen MR) is 126 cm³/mol. The Hall–Kier alpha value is -3.44. The molecule has 12 heteroatoms. The Kier molecular flexibility index (Phi) is 7.98. The number of nitrogens with one attached hydrogen (secondary N) is 3. The van der Waals surface area contributed by atoms with Crippen molar-refractivity contribution in [1.82, 2.24) is 20.2 Å². The van der Waals surface area contributed by atoms with Crippen LogP contribution in [0.5, 0.6) is 11.5 Å². The molecule has 35 heavy (non-hydrogen) atoms. The highest BCUT2D eigenvalue weighted by molar-refractivity contribution is 6.36. The largest absolute Gasteiger partial charge is 0.450 e. The number of aromatic amines is 1. The Morgan fingerprint density at radius 1 is 1.20 bits per heavy atom. The number of nitrogens with zero attached hydrogens (tertiary/aromatic N) is 2. The Labute approximate surface area is 204 Å². The van der Waals surface area contributed by atoms with Crippen LogP contribution in [0.15, 0.2) is 30.6 Å². The number of hydrogen-bond acceptors (Lipinski definition) is 5. The molecule has 0 radical (unpaired) electrons. The maximum atomic E-state index is 14.6. The zero-order valence-corrected chi connectivity index (χ0v) is 19.5. The van der Waals surface area contributed by atoms with E-state index in [-0.39, 0.29) is 17.3 Å². The summed E-state index contributed by atoms with van der Waals surface area (Å²) in [4.78, 5) is 32.9. The molecule has 3 heterocycles. The van der Waals surface area contributed by atoms with Gasteiger partial charge in [0.2, 0.25) is 5.91 Å². The molecule has 0 bridgehead atoms. The first-order valence-corrected chi connectivity index (χ1v) is 11.5. The van der Waals surface area contributed by atoms with E-state index in [4.69, 9.17) is 21.1 Å². The van der Waals surface area contributed by atoms with E-state index in [2.05, 4.69) is 20.6 Å². The van der Waals surface area contributed by atoms with E-state index < -0.39 is 23.4 Å². The van der Waals surface area contributed by atoms with Gasteiger partial charge < -0.3 is 30.0 Å². The minimum Gasteiger partial charge on any atom is -0.450 e. The molecule has 0 aliphatic carbocycles. The van der Waals surface area contributed by atoms with E-state index in [1.165, 1.54) is 18.5 Å². The van der Waals surface area contributed by atoms with E-state index in [1.54, 1.807) is 4.90 Å². The maximum absolute atomic E-state index is 14.6. The molecule has 1 aliphatic rings. The number of amides is 3. The fourth-order valence-corrected chi connectivity index (χ4v) is 3.90. The number of anilines is 1. The summed E-state index contributed by atoms with van der Waals surface area (Å²) in [6, 6.07) is 2.73. The number of benzene rings is 1. The van der Waals surface area contributed by atoms with Gasteiger partial charge in [-0.3, -0.25) is 4.79 Å². The molecule has 3 N–H and O–H groups in total. The van der Waals surface area contributed by atoms with Crippen molar-refractivity contribution in [3.63, 3.8) is 0 Å². The molecule has 0 saturated carbocycles. The third-order valence-corrected chi connectivity index (χ3v) is 5.72. The van der Waals surface area contributed by atoms with Crippen LogP contribution in [0.2, 0.25) is 5.02 Å². The van der Waals surface area contributed by atoms with Gasteiger partial charge in [0.1, 0.15) is 11.4 Å². The molecule has 4 rings (SSSR count). The molecule has 3 aromatic rings. The van der Waals surface area contributed by atoms with Gasteiger partial charge in [-0.25, -0.2) is 18.6 Å². The van der Waals surface area contributed by atoms with Crippen LogP contribution in [0, 0.1) is 11.6 Å². The molecule has 1 fully saturated rings. The van der Waals surface area contributed by atoms with Crippen molar-refractivity contribution in [3.8, 4) is 11.5 Å². The third-order valence-electron chi connectivity index (χ3n) is 5.42. The molecule has 3 amide bonds. The highest BCUT2D eigenvalue weighted by Crippen LogP contribution is 2.36. The lowest BCUT2D eigenvalue weighted by molar-refractivity contribution is -0.135. The first kappa shape index (κ1) is 24.7. The summed E-state index contributed by atoms with van der Waals surface area (Å²) in [5, 5.41) is 5.68. The molecule has 1 saturated heterocycles. The first-order valence-electron chi connectivity index (χ1n) is 11.1. The second-order valence-electron chi connectivity index (χ2n) is 7.87. The van der Waals surface area contributed by atoms with E-state index in [9.17, 15) is 18.4 Å². The van der Waals surface area contributed by atoms with Crippen molar-refractivity contribution < 1.29 is 27.8 Å². The van der Waals surface area contributed by atoms with Crippen LogP contribution in [0.3, 0.4) is 0 Å². The number of carbonyl (C=O) groups is 2. The number of unbranched alkanes of at least 4 members (excludes halogenated alkanes) is 1. The lowest BCUT2D eigenvalue weighted by atomic mass is 10.2. The molecule has 1 aliphatic heterocycles. The number of H-pyrrole nitrogens is 1. The maximum Gasteiger partial charge on any atom is 0.319 e. The number of fused-ring (bicyclic) bond motifs is 1. The highest BCUT2D eigenvalue weighted by atomic mass is 35.5. The van der Waals surface area contributed by atoms with E-state index >= 15 is 0 Å². The lowest BCUT2D eigenvalue weighted by Crippen LogP contribution is -2.40. The normalized spacial score (nSPS) is 13.6. The van der Waals surface area contributed by atoms with Gasteiger partial charge in [0.05, 0.1) is 23.6 Å². The highest BCUT2D eigenvalue weighted by Gasteiger charge is 2.18. The number of urea groups is 1. The number of ether oxygens (including phenoxy) is 2. The minimum absolute atomic E-state index is 0.0669. The van der Waals surface area contributed by atoms with E-state index in [1.807, 2.05) is 0 Å². The molecule has 9 nitrogen and oxygen atoms in total. The van der Waals surface area contributed by atoms with Gasteiger partial charge in [-0.2, -0.15) is 0 Å². The van der Waals surface area contributed by atoms with Crippen molar-refractivity contribution >= 4 is 40.3 Å².